The molecule has 0 spiro atoms. The second-order valence-corrected chi connectivity index (χ2v) is 5.26. The molecule has 0 radical (unpaired) electrons. The molecular weight excluding hydrogens is 236 g/mol. The van der Waals surface area contributed by atoms with Crippen molar-refractivity contribution in [1.82, 2.24) is 4.90 Å². The monoisotopic (exact) mass is 253 g/mol. The van der Waals surface area contributed by atoms with E-state index in [0.29, 0.717) is 6.42 Å². The fraction of sp³-hybridized carbons (Fsp3) is 0.571. The Labute approximate surface area is 106 Å². The van der Waals surface area contributed by atoms with Gasteiger partial charge in [-0.25, -0.2) is 8.78 Å². The van der Waals surface area contributed by atoms with E-state index in [2.05, 4.69) is 4.90 Å². The summed E-state index contributed by atoms with van der Waals surface area (Å²) in [5.41, 5.74) is 0. The zero-order chi connectivity index (χ0) is 12.6. The molecule has 3 rings (SSSR count). The van der Waals surface area contributed by atoms with Gasteiger partial charge in [-0.15, -0.1) is 0 Å². The smallest absolute Gasteiger partial charge is 0.251 e. The first-order valence-electron chi connectivity index (χ1n) is 6.45. The Morgan fingerprint density at radius 1 is 1.22 bits per heavy atom. The highest BCUT2D eigenvalue weighted by atomic mass is 19.3. The standard InChI is InChI=1S/C14H17F2NO/c15-14(16)8-11(14)6-7-17-9-13(10-17)18-12-4-2-1-3-5-12/h1-5,11,13H,6-10H2. The maximum absolute atomic E-state index is 12.7. The Hall–Kier alpha value is -1.16. The molecule has 1 saturated heterocycles. The van der Waals surface area contributed by atoms with Gasteiger partial charge in [-0.05, 0) is 25.1 Å². The van der Waals surface area contributed by atoms with E-state index >= 15 is 0 Å². The molecule has 4 heteroatoms. The molecule has 18 heavy (non-hydrogen) atoms. The van der Waals surface area contributed by atoms with Gasteiger partial charge in [0.1, 0.15) is 11.9 Å². The van der Waals surface area contributed by atoms with Crippen LogP contribution in [0.15, 0.2) is 30.3 Å². The van der Waals surface area contributed by atoms with Crippen molar-refractivity contribution in [2.75, 3.05) is 19.6 Å². The van der Waals surface area contributed by atoms with Gasteiger partial charge in [0.05, 0.1) is 0 Å². The van der Waals surface area contributed by atoms with E-state index in [9.17, 15) is 8.78 Å². The van der Waals surface area contributed by atoms with Crippen LogP contribution in [0.2, 0.25) is 0 Å². The third kappa shape index (κ3) is 2.64. The second kappa shape index (κ2) is 4.50. The van der Waals surface area contributed by atoms with Crippen LogP contribution in [-0.2, 0) is 0 Å². The third-order valence-corrected chi connectivity index (χ3v) is 3.72. The van der Waals surface area contributed by atoms with Crippen molar-refractivity contribution in [3.63, 3.8) is 0 Å². The Morgan fingerprint density at radius 2 is 1.89 bits per heavy atom. The number of ether oxygens (including phenoxy) is 1. The van der Waals surface area contributed by atoms with E-state index < -0.39 is 5.92 Å². The summed E-state index contributed by atoms with van der Waals surface area (Å²) in [6, 6.07) is 9.72. The number of alkyl halides is 2. The number of halogens is 2. The zero-order valence-corrected chi connectivity index (χ0v) is 10.2. The van der Waals surface area contributed by atoms with Crippen LogP contribution in [0.5, 0.6) is 5.75 Å². The predicted molar refractivity (Wildman–Crippen MR) is 65.0 cm³/mol. The first-order chi connectivity index (χ1) is 8.63. The molecular formula is C14H17F2NO. The van der Waals surface area contributed by atoms with Crippen LogP contribution in [-0.4, -0.2) is 36.6 Å². The highest BCUT2D eigenvalue weighted by molar-refractivity contribution is 5.21. The lowest BCUT2D eigenvalue weighted by molar-refractivity contribution is 0.0150. The van der Waals surface area contributed by atoms with E-state index in [-0.39, 0.29) is 18.4 Å². The molecule has 0 amide bonds. The van der Waals surface area contributed by atoms with Gasteiger partial charge in [-0.2, -0.15) is 0 Å². The van der Waals surface area contributed by atoms with Gasteiger partial charge in [-0.1, -0.05) is 18.2 Å². The maximum Gasteiger partial charge on any atom is 0.251 e. The molecule has 1 aromatic carbocycles. The minimum atomic E-state index is -2.37. The van der Waals surface area contributed by atoms with Crippen LogP contribution in [0.1, 0.15) is 12.8 Å². The molecule has 1 aliphatic heterocycles. The van der Waals surface area contributed by atoms with Gasteiger partial charge in [0, 0.05) is 25.4 Å². The molecule has 2 nitrogen and oxygen atoms in total. The molecule has 2 fully saturated rings. The minimum Gasteiger partial charge on any atom is -0.488 e. The first-order valence-corrected chi connectivity index (χ1v) is 6.45. The summed E-state index contributed by atoms with van der Waals surface area (Å²) in [7, 11) is 0. The molecule has 1 heterocycles. The minimum absolute atomic E-state index is 0.0881. The number of likely N-dealkylation sites (tertiary alicyclic amines) is 1. The number of hydrogen-bond donors (Lipinski definition) is 0. The fourth-order valence-electron chi connectivity index (χ4n) is 2.39. The van der Waals surface area contributed by atoms with Gasteiger partial charge < -0.3 is 4.74 Å². The van der Waals surface area contributed by atoms with Gasteiger partial charge in [0.15, 0.2) is 0 Å². The molecule has 1 aliphatic carbocycles. The van der Waals surface area contributed by atoms with Crippen LogP contribution in [0.25, 0.3) is 0 Å². The summed E-state index contributed by atoms with van der Waals surface area (Å²) in [6.07, 6.45) is 0.919. The normalized spacial score (nSPS) is 26.7. The number of hydrogen-bond acceptors (Lipinski definition) is 2. The van der Waals surface area contributed by atoms with Crippen molar-refractivity contribution in [3.05, 3.63) is 30.3 Å². The van der Waals surface area contributed by atoms with Crippen molar-refractivity contribution in [3.8, 4) is 5.75 Å². The molecule has 1 unspecified atom stereocenters. The Balaban J connectivity index is 1.34. The van der Waals surface area contributed by atoms with E-state index in [4.69, 9.17) is 4.74 Å². The average Bonchev–Trinajstić information content (AvgIpc) is 2.91. The van der Waals surface area contributed by atoms with Gasteiger partial charge in [0.25, 0.3) is 5.92 Å². The molecule has 0 bridgehead atoms. The fourth-order valence-corrected chi connectivity index (χ4v) is 2.39. The van der Waals surface area contributed by atoms with Crippen molar-refractivity contribution in [1.29, 1.82) is 0 Å². The number of para-hydroxylation sites is 1. The lowest BCUT2D eigenvalue weighted by Gasteiger charge is -2.39. The van der Waals surface area contributed by atoms with Gasteiger partial charge in [0.2, 0.25) is 0 Å². The lowest BCUT2D eigenvalue weighted by atomic mass is 10.1. The van der Waals surface area contributed by atoms with Crippen molar-refractivity contribution >= 4 is 0 Å². The van der Waals surface area contributed by atoms with Crippen LogP contribution in [0.4, 0.5) is 8.78 Å². The topological polar surface area (TPSA) is 12.5 Å². The number of nitrogens with zero attached hydrogens (tertiary/aromatic N) is 1. The zero-order valence-electron chi connectivity index (χ0n) is 10.2. The van der Waals surface area contributed by atoms with Crippen LogP contribution in [0, 0.1) is 5.92 Å². The van der Waals surface area contributed by atoms with Crippen LogP contribution < -0.4 is 4.74 Å². The molecule has 1 atom stereocenters. The van der Waals surface area contributed by atoms with E-state index in [1.807, 2.05) is 30.3 Å². The van der Waals surface area contributed by atoms with E-state index in [1.165, 1.54) is 0 Å². The Kier molecular flexibility index (Phi) is 2.98. The van der Waals surface area contributed by atoms with Crippen molar-refractivity contribution in [2.45, 2.75) is 24.9 Å². The molecule has 0 N–H and O–H groups in total. The highest BCUT2D eigenvalue weighted by Gasteiger charge is 2.56. The van der Waals surface area contributed by atoms with Crippen LogP contribution >= 0.6 is 0 Å². The molecule has 98 valence electrons. The Bertz CT molecular complexity index is 404. The number of benzene rings is 1. The maximum atomic E-state index is 12.7. The summed E-state index contributed by atoms with van der Waals surface area (Å²) in [5.74, 6) is -1.85. The van der Waals surface area contributed by atoms with E-state index in [1.54, 1.807) is 0 Å². The third-order valence-electron chi connectivity index (χ3n) is 3.72. The highest BCUT2D eigenvalue weighted by Crippen LogP contribution is 2.50. The SMILES string of the molecule is FC1(F)CC1CCN1CC(Oc2ccccc2)C1. The number of rotatable bonds is 5. The van der Waals surface area contributed by atoms with Crippen LogP contribution in [0.3, 0.4) is 0 Å². The lowest BCUT2D eigenvalue weighted by Crippen LogP contribution is -2.53. The predicted octanol–water partition coefficient (Wildman–Crippen LogP) is 2.79. The molecule has 2 aliphatic rings. The van der Waals surface area contributed by atoms with Crippen molar-refractivity contribution in [2.24, 2.45) is 5.92 Å². The first kappa shape index (κ1) is 11.9. The summed E-state index contributed by atoms with van der Waals surface area (Å²) in [4.78, 5) is 2.18. The molecule has 1 aromatic rings. The van der Waals surface area contributed by atoms with Gasteiger partial charge in [-0.3, -0.25) is 4.90 Å². The molecule has 0 aromatic heterocycles. The second-order valence-electron chi connectivity index (χ2n) is 5.26. The largest absolute Gasteiger partial charge is 0.488 e. The summed E-state index contributed by atoms with van der Waals surface area (Å²) in [5, 5.41) is 0. The quantitative estimate of drug-likeness (QED) is 0.800. The summed E-state index contributed by atoms with van der Waals surface area (Å²) >= 11 is 0. The summed E-state index contributed by atoms with van der Waals surface area (Å²) in [6.45, 7) is 2.48. The van der Waals surface area contributed by atoms with E-state index in [0.717, 1.165) is 25.4 Å². The Morgan fingerprint density at radius 3 is 2.50 bits per heavy atom. The summed E-state index contributed by atoms with van der Waals surface area (Å²) < 4.78 is 31.1. The molecule has 1 saturated carbocycles. The van der Waals surface area contributed by atoms with Crippen molar-refractivity contribution < 1.29 is 13.5 Å². The average molecular weight is 253 g/mol. The van der Waals surface area contributed by atoms with Gasteiger partial charge >= 0.3 is 0 Å².